The Kier molecular flexibility index (Phi) is 6.20. The van der Waals surface area contributed by atoms with Crippen LogP contribution >= 0.6 is 0 Å². The summed E-state index contributed by atoms with van der Waals surface area (Å²) in [4.78, 5) is 22.9. The number of methoxy groups -OCH3 is 1. The molecule has 0 aliphatic carbocycles. The van der Waals surface area contributed by atoms with Gasteiger partial charge in [-0.1, -0.05) is 0 Å². The third kappa shape index (κ3) is 4.26. The van der Waals surface area contributed by atoms with Crippen molar-refractivity contribution in [2.75, 3.05) is 38.8 Å². The highest BCUT2D eigenvalue weighted by atomic mass is 19.1. The molecular formula is C17H21FN4O2. The third-order valence-corrected chi connectivity index (χ3v) is 3.54. The summed E-state index contributed by atoms with van der Waals surface area (Å²) in [6.07, 6.45) is 1.50. The Morgan fingerprint density at radius 3 is 2.67 bits per heavy atom. The molecule has 0 fully saturated rings. The molecule has 0 saturated carbocycles. The summed E-state index contributed by atoms with van der Waals surface area (Å²) in [7, 11) is 3.42. The third-order valence-electron chi connectivity index (χ3n) is 3.54. The van der Waals surface area contributed by atoms with E-state index in [0.29, 0.717) is 42.5 Å². The normalized spacial score (nSPS) is 10.5. The fourth-order valence-corrected chi connectivity index (χ4v) is 2.07. The van der Waals surface area contributed by atoms with Crippen molar-refractivity contribution in [3.63, 3.8) is 0 Å². The number of hydrogen-bond acceptors (Lipinski definition) is 5. The molecule has 2 rings (SSSR count). The summed E-state index contributed by atoms with van der Waals surface area (Å²) in [6, 6.07) is 5.93. The lowest BCUT2D eigenvalue weighted by Crippen LogP contribution is -2.30. The first kappa shape index (κ1) is 17.8. The molecule has 1 aromatic heterocycles. The lowest BCUT2D eigenvalue weighted by Gasteiger charge is -2.19. The van der Waals surface area contributed by atoms with E-state index in [1.807, 2.05) is 18.9 Å². The van der Waals surface area contributed by atoms with Gasteiger partial charge in [-0.05, 0) is 31.2 Å². The lowest BCUT2D eigenvalue weighted by atomic mass is 10.2. The molecule has 0 spiro atoms. The molecule has 128 valence electrons. The summed E-state index contributed by atoms with van der Waals surface area (Å²) >= 11 is 0. The van der Waals surface area contributed by atoms with Gasteiger partial charge < -0.3 is 15.0 Å². The molecule has 1 N–H and O–H groups in total. The number of ether oxygens (including phenoxy) is 1. The van der Waals surface area contributed by atoms with Gasteiger partial charge in [-0.2, -0.15) is 0 Å². The van der Waals surface area contributed by atoms with Gasteiger partial charge in [0.15, 0.2) is 5.82 Å². The van der Waals surface area contributed by atoms with Gasteiger partial charge >= 0.3 is 0 Å². The Hall–Kier alpha value is -2.54. The van der Waals surface area contributed by atoms with Gasteiger partial charge in [-0.3, -0.25) is 4.79 Å². The van der Waals surface area contributed by atoms with Crippen molar-refractivity contribution < 1.29 is 13.9 Å². The van der Waals surface area contributed by atoms with Crippen LogP contribution in [-0.4, -0.2) is 49.7 Å². The largest absolute Gasteiger partial charge is 0.383 e. The fraction of sp³-hybridized carbons (Fsp3) is 0.353. The molecule has 1 amide bonds. The Bertz CT molecular complexity index is 691. The van der Waals surface area contributed by atoms with Gasteiger partial charge in [-0.25, -0.2) is 14.4 Å². The van der Waals surface area contributed by atoms with Gasteiger partial charge in [0.2, 0.25) is 0 Å². The monoisotopic (exact) mass is 332 g/mol. The van der Waals surface area contributed by atoms with Gasteiger partial charge in [0.25, 0.3) is 5.91 Å². The van der Waals surface area contributed by atoms with Crippen molar-refractivity contribution in [2.45, 2.75) is 6.92 Å². The van der Waals surface area contributed by atoms with Gasteiger partial charge in [0, 0.05) is 39.0 Å². The number of nitrogens with zero attached hydrogens (tertiary/aromatic N) is 3. The SMILES string of the molecule is CCN(C)c1nc(-c2ccc(F)cc2)ncc1C(=O)NCCOC. The zero-order chi connectivity index (χ0) is 17.5. The second-order valence-corrected chi connectivity index (χ2v) is 5.20. The number of rotatable bonds is 7. The molecule has 1 aromatic carbocycles. The van der Waals surface area contributed by atoms with Crippen molar-refractivity contribution in [3.8, 4) is 11.4 Å². The maximum atomic E-state index is 13.1. The highest BCUT2D eigenvalue weighted by molar-refractivity contribution is 5.98. The highest BCUT2D eigenvalue weighted by Crippen LogP contribution is 2.22. The van der Waals surface area contributed by atoms with Gasteiger partial charge in [-0.15, -0.1) is 0 Å². The summed E-state index contributed by atoms with van der Waals surface area (Å²) < 4.78 is 18.0. The Morgan fingerprint density at radius 2 is 2.04 bits per heavy atom. The summed E-state index contributed by atoms with van der Waals surface area (Å²) in [5.41, 5.74) is 1.08. The van der Waals surface area contributed by atoms with Gasteiger partial charge in [0.1, 0.15) is 17.2 Å². The van der Waals surface area contributed by atoms with E-state index in [0.717, 1.165) is 0 Å². The molecule has 6 nitrogen and oxygen atoms in total. The molecule has 0 aliphatic rings. The number of anilines is 1. The molecule has 0 atom stereocenters. The average Bonchev–Trinajstić information content (AvgIpc) is 2.61. The number of aromatic nitrogens is 2. The van der Waals surface area contributed by atoms with Crippen molar-refractivity contribution >= 4 is 11.7 Å². The number of hydrogen-bond donors (Lipinski definition) is 1. The van der Waals surface area contributed by atoms with Crippen LogP contribution in [0.2, 0.25) is 0 Å². The Labute approximate surface area is 140 Å². The molecular weight excluding hydrogens is 311 g/mol. The first-order chi connectivity index (χ1) is 11.6. The second-order valence-electron chi connectivity index (χ2n) is 5.20. The van der Waals surface area contributed by atoms with Crippen LogP contribution in [0.15, 0.2) is 30.5 Å². The fourth-order valence-electron chi connectivity index (χ4n) is 2.07. The zero-order valence-corrected chi connectivity index (χ0v) is 14.0. The van der Waals surface area contributed by atoms with Crippen molar-refractivity contribution in [2.24, 2.45) is 0 Å². The van der Waals surface area contributed by atoms with Crippen LogP contribution in [-0.2, 0) is 4.74 Å². The van der Waals surface area contributed by atoms with E-state index in [1.165, 1.54) is 18.3 Å². The minimum absolute atomic E-state index is 0.256. The van der Waals surface area contributed by atoms with E-state index < -0.39 is 0 Å². The van der Waals surface area contributed by atoms with Crippen molar-refractivity contribution in [3.05, 3.63) is 41.8 Å². The lowest BCUT2D eigenvalue weighted by molar-refractivity contribution is 0.0937. The van der Waals surface area contributed by atoms with Crippen LogP contribution in [0.5, 0.6) is 0 Å². The van der Waals surface area contributed by atoms with E-state index in [9.17, 15) is 9.18 Å². The van der Waals surface area contributed by atoms with Gasteiger partial charge in [0.05, 0.1) is 6.61 Å². The molecule has 0 aliphatic heterocycles. The summed E-state index contributed by atoms with van der Waals surface area (Å²) in [5, 5.41) is 2.77. The van der Waals surface area contributed by atoms with Crippen LogP contribution in [0.25, 0.3) is 11.4 Å². The smallest absolute Gasteiger partial charge is 0.256 e. The minimum atomic E-state index is -0.321. The van der Waals surface area contributed by atoms with Crippen LogP contribution in [0.4, 0.5) is 10.2 Å². The quantitative estimate of drug-likeness (QED) is 0.787. The van der Waals surface area contributed by atoms with Crippen molar-refractivity contribution in [1.82, 2.24) is 15.3 Å². The molecule has 0 radical (unpaired) electrons. The number of nitrogens with one attached hydrogen (secondary N) is 1. The predicted octanol–water partition coefficient (Wildman–Crippen LogP) is 2.12. The molecule has 0 saturated heterocycles. The summed E-state index contributed by atoms with van der Waals surface area (Å²) in [6.45, 7) is 3.48. The van der Waals surface area contributed by atoms with E-state index >= 15 is 0 Å². The number of amides is 1. The topological polar surface area (TPSA) is 67.4 Å². The maximum absolute atomic E-state index is 13.1. The number of carbonyl (C=O) groups excluding carboxylic acids is 1. The zero-order valence-electron chi connectivity index (χ0n) is 14.0. The number of carbonyl (C=O) groups is 1. The first-order valence-electron chi connectivity index (χ1n) is 7.68. The Balaban J connectivity index is 2.34. The number of halogens is 1. The molecule has 0 bridgehead atoms. The minimum Gasteiger partial charge on any atom is -0.383 e. The Morgan fingerprint density at radius 1 is 1.33 bits per heavy atom. The summed E-state index contributed by atoms with van der Waals surface area (Å²) in [5.74, 6) is 0.396. The molecule has 7 heteroatoms. The molecule has 0 unspecified atom stereocenters. The van der Waals surface area contributed by atoms with Crippen LogP contribution in [0.1, 0.15) is 17.3 Å². The predicted molar refractivity (Wildman–Crippen MR) is 90.6 cm³/mol. The van der Waals surface area contributed by atoms with E-state index in [-0.39, 0.29) is 11.7 Å². The standard InChI is InChI=1S/C17H21FN4O2/c1-4-22(2)16-14(17(23)19-9-10-24-3)11-20-15(21-16)12-5-7-13(18)8-6-12/h5-8,11H,4,9-10H2,1-3H3,(H,19,23). The number of benzene rings is 1. The van der Waals surface area contributed by atoms with Crippen LogP contribution in [0.3, 0.4) is 0 Å². The van der Waals surface area contributed by atoms with Crippen LogP contribution in [0, 0.1) is 5.82 Å². The van der Waals surface area contributed by atoms with E-state index in [2.05, 4.69) is 15.3 Å². The van der Waals surface area contributed by atoms with E-state index in [4.69, 9.17) is 4.74 Å². The van der Waals surface area contributed by atoms with Crippen LogP contribution < -0.4 is 10.2 Å². The maximum Gasteiger partial charge on any atom is 0.256 e. The highest BCUT2D eigenvalue weighted by Gasteiger charge is 2.17. The van der Waals surface area contributed by atoms with E-state index in [1.54, 1.807) is 19.2 Å². The molecule has 24 heavy (non-hydrogen) atoms. The molecule has 1 heterocycles. The first-order valence-corrected chi connectivity index (χ1v) is 7.68. The van der Waals surface area contributed by atoms with Crippen molar-refractivity contribution in [1.29, 1.82) is 0 Å². The molecule has 2 aromatic rings. The second kappa shape index (κ2) is 8.35. The average molecular weight is 332 g/mol.